The van der Waals surface area contributed by atoms with Crippen LogP contribution in [0.3, 0.4) is 0 Å². The number of hydrogen-bond donors (Lipinski definition) is 4. The highest BCUT2D eigenvalue weighted by Gasteiger charge is 2.61. The number of nitriles is 1. The number of ether oxygens (including phenoxy) is 2. The molecule has 3 heterocycles. The quantitative estimate of drug-likeness (QED) is 0.176. The van der Waals surface area contributed by atoms with Crippen LogP contribution in [0.5, 0.6) is 5.75 Å². The molecule has 1 aliphatic heterocycles. The maximum atomic E-state index is 13.9. The second-order valence-electron chi connectivity index (χ2n) is 10.8. The van der Waals surface area contributed by atoms with Gasteiger partial charge in [0, 0.05) is 0 Å². The highest BCUT2D eigenvalue weighted by atomic mass is 31.2. The van der Waals surface area contributed by atoms with E-state index in [1.54, 1.807) is 12.1 Å². The molecular formula is C26H30F3N6O8P. The van der Waals surface area contributed by atoms with Gasteiger partial charge >= 0.3 is 19.9 Å². The lowest BCUT2D eigenvalue weighted by Gasteiger charge is -2.31. The molecule has 1 aliphatic rings. The molecule has 1 fully saturated rings. The summed E-state index contributed by atoms with van der Waals surface area (Å²) in [5, 5.41) is 39.1. The molecule has 1 unspecified atom stereocenters. The number of fused-ring (bicyclic) bond motifs is 1. The van der Waals surface area contributed by atoms with Crippen LogP contribution in [0, 0.1) is 16.7 Å². The SMILES string of the molecule is C[C@H](NP(=O)(OC[C@@]1(C#N)OC[C@@](O)(c2ccc3c(N)ncnn23)[C@@H]1O)Oc1ccccc1)C(=O)OCC(C)(C)C(F)(F)F. The molecule has 3 aromatic rings. The molecule has 0 aliphatic carbocycles. The van der Waals surface area contributed by atoms with E-state index < -0.39 is 68.5 Å². The number of anilines is 1. The number of aliphatic hydroxyl groups excluding tert-OH is 1. The monoisotopic (exact) mass is 642 g/mol. The number of carbonyl (C=O) groups is 1. The standard InChI is InChI=1S/C26H30F3N6O8P/c1-16(21(36)40-12-23(2,3)26(27,28)29)34-44(39,43-17-7-5-4-6-8-17)42-13-24(11-30)22(37)25(38,14-41-24)19-10-9-18-20(31)32-15-33-35(18)19/h4-10,15-16,22,37-38H,12-14H2,1-3H3,(H,34,39)(H2,31,32,33)/t16-,22+,24+,25+,44?/m0/s1. The number of carbonyl (C=O) groups excluding carboxylic acids is 1. The van der Waals surface area contributed by atoms with Gasteiger partial charge in [-0.2, -0.15) is 28.6 Å². The van der Waals surface area contributed by atoms with Crippen LogP contribution in [-0.4, -0.2) is 74.5 Å². The van der Waals surface area contributed by atoms with Gasteiger partial charge in [0.2, 0.25) is 5.60 Å². The zero-order chi connectivity index (χ0) is 32.6. The normalized spacial score (nSPS) is 24.4. The van der Waals surface area contributed by atoms with Crippen LogP contribution in [0.2, 0.25) is 0 Å². The summed E-state index contributed by atoms with van der Waals surface area (Å²) >= 11 is 0. The van der Waals surface area contributed by atoms with Crippen molar-refractivity contribution in [3.05, 3.63) is 54.5 Å². The van der Waals surface area contributed by atoms with Crippen LogP contribution in [0.25, 0.3) is 5.52 Å². The number of esters is 1. The number of hydrogen-bond acceptors (Lipinski definition) is 12. The lowest BCUT2D eigenvalue weighted by molar-refractivity contribution is -0.226. The lowest BCUT2D eigenvalue weighted by Crippen LogP contribution is -2.51. The third-order valence-electron chi connectivity index (χ3n) is 7.02. The molecule has 5 N–H and O–H groups in total. The Morgan fingerprint density at radius 1 is 1.32 bits per heavy atom. The second-order valence-corrected chi connectivity index (χ2v) is 12.5. The van der Waals surface area contributed by atoms with Crippen LogP contribution in [0.1, 0.15) is 26.5 Å². The average Bonchev–Trinajstić information content (AvgIpc) is 3.52. The van der Waals surface area contributed by atoms with Crippen molar-refractivity contribution in [3.8, 4) is 11.8 Å². The van der Waals surface area contributed by atoms with E-state index in [1.165, 1.54) is 40.9 Å². The molecule has 5 atom stereocenters. The van der Waals surface area contributed by atoms with E-state index in [-0.39, 0.29) is 17.3 Å². The topological polar surface area (TPSA) is 204 Å². The molecule has 18 heteroatoms. The van der Waals surface area contributed by atoms with E-state index >= 15 is 0 Å². The highest BCUT2D eigenvalue weighted by Crippen LogP contribution is 2.48. The van der Waals surface area contributed by atoms with Gasteiger partial charge in [-0.25, -0.2) is 14.1 Å². The van der Waals surface area contributed by atoms with Crippen molar-refractivity contribution in [2.45, 2.75) is 50.3 Å². The number of nitrogens with zero attached hydrogens (tertiary/aromatic N) is 4. The Hall–Kier alpha value is -3.78. The van der Waals surface area contributed by atoms with E-state index in [0.29, 0.717) is 5.52 Å². The maximum absolute atomic E-state index is 13.9. The number of nitrogens with two attached hydrogens (primary N) is 1. The molecule has 1 aromatic carbocycles. The molecule has 0 amide bonds. The van der Waals surface area contributed by atoms with Gasteiger partial charge < -0.3 is 29.9 Å². The zero-order valence-electron chi connectivity index (χ0n) is 23.7. The summed E-state index contributed by atoms with van der Waals surface area (Å²) < 4.78 is 76.1. The molecule has 0 spiro atoms. The lowest BCUT2D eigenvalue weighted by atomic mass is 9.86. The predicted molar refractivity (Wildman–Crippen MR) is 146 cm³/mol. The van der Waals surface area contributed by atoms with E-state index in [2.05, 4.69) is 15.2 Å². The predicted octanol–water partition coefficient (Wildman–Crippen LogP) is 2.47. The number of halogens is 3. The summed E-state index contributed by atoms with van der Waals surface area (Å²) in [4.78, 5) is 16.4. The molecule has 238 valence electrons. The fraction of sp³-hybridized carbons (Fsp3) is 0.462. The fourth-order valence-corrected chi connectivity index (χ4v) is 5.68. The van der Waals surface area contributed by atoms with Gasteiger partial charge in [-0.1, -0.05) is 18.2 Å². The number of para-hydroxylation sites is 1. The van der Waals surface area contributed by atoms with Crippen LogP contribution < -0.4 is 15.3 Å². The van der Waals surface area contributed by atoms with E-state index in [0.717, 1.165) is 27.1 Å². The van der Waals surface area contributed by atoms with Crippen LogP contribution in [0.4, 0.5) is 19.0 Å². The molecule has 2 aromatic heterocycles. The zero-order valence-corrected chi connectivity index (χ0v) is 24.6. The number of aromatic nitrogens is 3. The Labute approximate surface area is 249 Å². The van der Waals surface area contributed by atoms with Gasteiger partial charge in [0.25, 0.3) is 0 Å². The minimum absolute atomic E-state index is 0.00515. The van der Waals surface area contributed by atoms with Gasteiger partial charge in [-0.05, 0) is 45.0 Å². The molecule has 4 rings (SSSR count). The van der Waals surface area contributed by atoms with Gasteiger partial charge in [0.15, 0.2) is 11.4 Å². The Bertz CT molecular complexity index is 1600. The number of rotatable bonds is 11. The summed E-state index contributed by atoms with van der Waals surface area (Å²) in [5.74, 6) is -1.13. The first-order valence-electron chi connectivity index (χ1n) is 13.0. The molecule has 44 heavy (non-hydrogen) atoms. The fourth-order valence-electron chi connectivity index (χ4n) is 4.16. The van der Waals surface area contributed by atoms with Crippen molar-refractivity contribution in [2.24, 2.45) is 5.41 Å². The molecule has 0 saturated carbocycles. The van der Waals surface area contributed by atoms with Crippen molar-refractivity contribution in [1.82, 2.24) is 19.7 Å². The van der Waals surface area contributed by atoms with Crippen LogP contribution >= 0.6 is 7.75 Å². The van der Waals surface area contributed by atoms with E-state index in [9.17, 15) is 38.0 Å². The first kappa shape index (κ1) is 33.1. The first-order chi connectivity index (χ1) is 20.5. The van der Waals surface area contributed by atoms with Gasteiger partial charge in [-0.3, -0.25) is 9.32 Å². The minimum atomic E-state index is -4.67. The maximum Gasteiger partial charge on any atom is 0.459 e. The van der Waals surface area contributed by atoms with Crippen molar-refractivity contribution >= 4 is 25.1 Å². The largest absolute Gasteiger partial charge is 0.464 e. The molecule has 1 saturated heterocycles. The molecule has 0 radical (unpaired) electrons. The summed E-state index contributed by atoms with van der Waals surface area (Å²) in [6, 6.07) is 10.6. The van der Waals surface area contributed by atoms with E-state index in [4.69, 9.17) is 24.3 Å². The summed E-state index contributed by atoms with van der Waals surface area (Å²) in [6.45, 7) is 0.229. The number of nitrogens with one attached hydrogen (secondary N) is 1. The smallest absolute Gasteiger partial charge is 0.459 e. The molecule has 14 nitrogen and oxygen atoms in total. The Kier molecular flexibility index (Phi) is 9.00. The number of alkyl halides is 3. The third-order valence-corrected chi connectivity index (χ3v) is 8.65. The van der Waals surface area contributed by atoms with Crippen LogP contribution in [-0.2, 0) is 29.0 Å². The Balaban J connectivity index is 1.55. The number of benzene rings is 1. The minimum Gasteiger partial charge on any atom is -0.464 e. The molecule has 0 bridgehead atoms. The van der Waals surface area contributed by atoms with Crippen molar-refractivity contribution < 1.29 is 51.3 Å². The number of nitrogen functional groups attached to an aromatic ring is 1. The summed E-state index contributed by atoms with van der Waals surface area (Å²) in [6.07, 6.45) is -5.55. The van der Waals surface area contributed by atoms with Gasteiger partial charge in [0.1, 0.15) is 49.0 Å². The summed E-state index contributed by atoms with van der Waals surface area (Å²) in [5.41, 5.74) is -0.757. The Morgan fingerprint density at radius 2 is 2.00 bits per heavy atom. The van der Waals surface area contributed by atoms with Crippen molar-refractivity contribution in [1.29, 1.82) is 5.26 Å². The van der Waals surface area contributed by atoms with Crippen molar-refractivity contribution in [3.63, 3.8) is 0 Å². The molecular weight excluding hydrogens is 612 g/mol. The Morgan fingerprint density at radius 3 is 2.64 bits per heavy atom. The van der Waals surface area contributed by atoms with Gasteiger partial charge in [0.05, 0.1) is 17.7 Å². The van der Waals surface area contributed by atoms with Crippen LogP contribution in [0.15, 0.2) is 48.8 Å². The highest BCUT2D eigenvalue weighted by molar-refractivity contribution is 7.52. The number of aliphatic hydroxyl groups is 2. The average molecular weight is 643 g/mol. The second kappa shape index (κ2) is 12.0. The first-order valence-corrected chi connectivity index (χ1v) is 14.6. The third kappa shape index (κ3) is 6.36. The van der Waals surface area contributed by atoms with E-state index in [1.807, 2.05) is 0 Å². The summed E-state index contributed by atoms with van der Waals surface area (Å²) in [7, 11) is -4.67. The van der Waals surface area contributed by atoms with Gasteiger partial charge in [-0.15, -0.1) is 0 Å². The van der Waals surface area contributed by atoms with Crippen molar-refractivity contribution in [2.75, 3.05) is 25.6 Å².